The summed E-state index contributed by atoms with van der Waals surface area (Å²) in [5.74, 6) is -4.17. The van der Waals surface area contributed by atoms with Crippen LogP contribution in [0.1, 0.15) is 40.2 Å². The van der Waals surface area contributed by atoms with Gasteiger partial charge in [-0.15, -0.1) is 0 Å². The molecule has 0 aliphatic carbocycles. The van der Waals surface area contributed by atoms with Crippen molar-refractivity contribution in [1.82, 2.24) is 19.8 Å². The number of rotatable bonds is 5. The number of piperazine rings is 1. The van der Waals surface area contributed by atoms with Crippen LogP contribution in [0.4, 0.5) is 14.5 Å². The van der Waals surface area contributed by atoms with Gasteiger partial charge in [0.25, 0.3) is 5.56 Å². The molecule has 2 aromatic heterocycles. The smallest absolute Gasteiger partial charge is 0.276 e. The Bertz CT molecular complexity index is 1980. The summed E-state index contributed by atoms with van der Waals surface area (Å²) in [6, 6.07) is 2.35. The third-order valence-electron chi connectivity index (χ3n) is 8.54. The maximum atomic E-state index is 15.6. The van der Waals surface area contributed by atoms with E-state index < -0.39 is 50.3 Å². The number of anilines is 1. The van der Waals surface area contributed by atoms with E-state index in [1.807, 2.05) is 32.6 Å². The Morgan fingerprint density at radius 1 is 1.19 bits per heavy atom. The van der Waals surface area contributed by atoms with E-state index in [4.69, 9.17) is 34.8 Å². The number of hydrogen-bond acceptors (Lipinski definition) is 7. The number of phenolic OH excluding ortho intramolecular Hbond substituents is 1. The Labute approximate surface area is 284 Å². The number of pyridine rings is 2. The first-order valence-corrected chi connectivity index (χ1v) is 15.9. The minimum absolute atomic E-state index is 0.0465. The van der Waals surface area contributed by atoms with Crippen LogP contribution in [0, 0.1) is 28.9 Å². The number of amides is 1. The highest BCUT2D eigenvalue weighted by Gasteiger charge is 2.37. The van der Waals surface area contributed by atoms with Gasteiger partial charge in [-0.2, -0.15) is 5.26 Å². The van der Waals surface area contributed by atoms with Crippen molar-refractivity contribution in [3.63, 3.8) is 0 Å². The Hall–Kier alpha value is -4.11. The van der Waals surface area contributed by atoms with Gasteiger partial charge in [-0.1, -0.05) is 55.2 Å². The molecule has 0 saturated carbocycles. The van der Waals surface area contributed by atoms with Crippen molar-refractivity contribution in [1.29, 1.82) is 5.26 Å². The van der Waals surface area contributed by atoms with Crippen LogP contribution < -0.4 is 15.8 Å². The number of carbonyl (C=O) groups is 1. The predicted octanol–water partition coefficient (Wildman–Crippen LogP) is 6.86. The number of nitrogens with one attached hydrogen (secondary N) is 1. The highest BCUT2D eigenvalue weighted by atomic mass is 35.5. The molecule has 4 heterocycles. The van der Waals surface area contributed by atoms with E-state index in [1.54, 1.807) is 24.1 Å². The molecule has 2 N–H and O–H groups in total. The number of allylic oxidation sites excluding steroid dienone is 2. The van der Waals surface area contributed by atoms with Gasteiger partial charge >= 0.3 is 0 Å². The third-order valence-corrected chi connectivity index (χ3v) is 9.65. The number of aromatic nitrogens is 2. The van der Waals surface area contributed by atoms with Crippen LogP contribution in [-0.2, 0) is 4.79 Å². The number of hydrogen-bond donors (Lipinski definition) is 2. The molecule has 0 spiro atoms. The molecule has 3 atom stereocenters. The van der Waals surface area contributed by atoms with Crippen LogP contribution >= 0.6 is 34.8 Å². The quantitative estimate of drug-likeness (QED) is 0.170. The first-order valence-electron chi connectivity index (χ1n) is 14.7. The van der Waals surface area contributed by atoms with Crippen molar-refractivity contribution in [2.24, 2.45) is 5.92 Å². The molecule has 3 aromatic rings. The first-order chi connectivity index (χ1) is 22.2. The largest absolute Gasteiger partial charge is 0.504 e. The maximum Gasteiger partial charge on any atom is 0.276 e. The van der Waals surface area contributed by atoms with E-state index >= 15 is 8.78 Å². The second-order valence-electron chi connectivity index (χ2n) is 12.0. The van der Waals surface area contributed by atoms with Gasteiger partial charge in [-0.05, 0) is 56.7 Å². The SMILES string of the molecule is C=CC(=O)N1[C@H](C)CN(c2c(C#N)c(=O)n(C3=C(C)C=CNC3C(C)C)c3nc(-c4c(F)c(O)c(Cl)c(Cl)c4F)c(Cl)cc23)C[C@@H]1C. The molecule has 5 rings (SSSR count). The molecule has 1 saturated heterocycles. The summed E-state index contributed by atoms with van der Waals surface area (Å²) in [5.41, 5.74) is -0.885. The number of phenols is 1. The number of fused-ring (bicyclic) bond motifs is 1. The minimum atomic E-state index is -1.45. The molecule has 246 valence electrons. The van der Waals surface area contributed by atoms with E-state index in [0.717, 1.165) is 0 Å². The summed E-state index contributed by atoms with van der Waals surface area (Å²) in [5, 5.41) is 22.6. The standard InChI is InChI=1S/C33H31Cl3F2N6O3/c1-7-21(45)43-16(5)12-42(13-17(43)6)30-18-10-20(34)28(22-25(37)23(35)24(36)31(46)26(22)38)41-32(18)44(33(47)19(30)11-39)29-15(4)8-9-40-27(29)14(2)3/h7-10,14,16-17,27,40,46H,1,12-13H2,2-6H3/t16-,17+,27?. The maximum absolute atomic E-state index is 15.6. The van der Waals surface area contributed by atoms with E-state index in [-0.39, 0.29) is 64.3 Å². The molecule has 1 unspecified atom stereocenters. The van der Waals surface area contributed by atoms with Crippen molar-refractivity contribution < 1.29 is 18.7 Å². The third kappa shape index (κ3) is 5.52. The molecule has 1 aromatic carbocycles. The lowest BCUT2D eigenvalue weighted by Crippen LogP contribution is -2.58. The summed E-state index contributed by atoms with van der Waals surface area (Å²) in [6.45, 7) is 13.4. The van der Waals surface area contributed by atoms with Crippen LogP contribution in [-0.4, -0.2) is 56.7 Å². The minimum Gasteiger partial charge on any atom is -0.504 e. The fourth-order valence-electron chi connectivity index (χ4n) is 6.48. The number of halogens is 5. The van der Waals surface area contributed by atoms with E-state index in [9.17, 15) is 20.0 Å². The number of dihydropyridines is 1. The zero-order chi connectivity index (χ0) is 34.6. The van der Waals surface area contributed by atoms with Crippen molar-refractivity contribution in [2.75, 3.05) is 18.0 Å². The second-order valence-corrected chi connectivity index (χ2v) is 13.2. The van der Waals surface area contributed by atoms with Crippen LogP contribution in [0.2, 0.25) is 15.1 Å². The molecule has 2 aliphatic heterocycles. The van der Waals surface area contributed by atoms with Gasteiger partial charge in [0.15, 0.2) is 17.4 Å². The lowest BCUT2D eigenvalue weighted by Gasteiger charge is -2.45. The van der Waals surface area contributed by atoms with E-state index in [0.29, 0.717) is 11.3 Å². The molecule has 0 radical (unpaired) electrons. The molecular weight excluding hydrogens is 673 g/mol. The topological polar surface area (TPSA) is 114 Å². The molecule has 1 fully saturated rings. The highest BCUT2D eigenvalue weighted by molar-refractivity contribution is 6.43. The van der Waals surface area contributed by atoms with Crippen LogP contribution in [0.15, 0.2) is 41.4 Å². The number of aromatic hydroxyl groups is 1. The molecule has 2 aliphatic rings. The van der Waals surface area contributed by atoms with Gasteiger partial charge in [0.2, 0.25) is 5.91 Å². The van der Waals surface area contributed by atoms with Gasteiger partial charge in [0.05, 0.1) is 38.7 Å². The van der Waals surface area contributed by atoms with Crippen molar-refractivity contribution in [3.05, 3.63) is 79.2 Å². The Balaban J connectivity index is 1.92. The number of nitriles is 1. The van der Waals surface area contributed by atoms with Crippen LogP contribution in [0.3, 0.4) is 0 Å². The molecule has 9 nitrogen and oxygen atoms in total. The van der Waals surface area contributed by atoms with Gasteiger partial charge in [-0.25, -0.2) is 13.8 Å². The lowest BCUT2D eigenvalue weighted by molar-refractivity contribution is -0.130. The van der Waals surface area contributed by atoms with Gasteiger partial charge in [-0.3, -0.25) is 14.2 Å². The van der Waals surface area contributed by atoms with Crippen molar-refractivity contribution >= 4 is 63.1 Å². The van der Waals surface area contributed by atoms with Crippen molar-refractivity contribution in [3.8, 4) is 23.1 Å². The number of carbonyl (C=O) groups excluding carboxylic acids is 1. The molecule has 0 bridgehead atoms. The average molecular weight is 704 g/mol. The van der Waals surface area contributed by atoms with Gasteiger partial charge in [0, 0.05) is 30.6 Å². The number of benzene rings is 1. The summed E-state index contributed by atoms with van der Waals surface area (Å²) in [4.78, 5) is 35.3. The Morgan fingerprint density at radius 3 is 2.40 bits per heavy atom. The fourth-order valence-corrected chi connectivity index (χ4v) is 7.08. The number of nitrogens with zero attached hydrogens (tertiary/aromatic N) is 5. The van der Waals surface area contributed by atoms with E-state index in [1.165, 1.54) is 16.7 Å². The molecule has 14 heteroatoms. The molecule has 1 amide bonds. The van der Waals surface area contributed by atoms with Gasteiger partial charge < -0.3 is 20.2 Å². The fraction of sp³-hybridized carbons (Fsp3) is 0.333. The average Bonchev–Trinajstić information content (AvgIpc) is 3.02. The van der Waals surface area contributed by atoms with Crippen LogP contribution in [0.5, 0.6) is 5.75 Å². The summed E-state index contributed by atoms with van der Waals surface area (Å²) >= 11 is 18.6. The highest BCUT2D eigenvalue weighted by Crippen LogP contribution is 2.45. The summed E-state index contributed by atoms with van der Waals surface area (Å²) < 4.78 is 32.4. The Morgan fingerprint density at radius 2 is 1.83 bits per heavy atom. The first kappa shape index (κ1) is 34.2. The monoisotopic (exact) mass is 702 g/mol. The molecule has 47 heavy (non-hydrogen) atoms. The predicted molar refractivity (Wildman–Crippen MR) is 181 cm³/mol. The van der Waals surface area contributed by atoms with Crippen molar-refractivity contribution in [2.45, 2.75) is 52.7 Å². The molecular formula is C33H31Cl3F2N6O3. The Kier molecular flexibility index (Phi) is 9.34. The second kappa shape index (κ2) is 12.8. The van der Waals surface area contributed by atoms with Gasteiger partial charge in [0.1, 0.15) is 22.3 Å². The van der Waals surface area contributed by atoms with E-state index in [2.05, 4.69) is 22.9 Å². The summed E-state index contributed by atoms with van der Waals surface area (Å²) in [7, 11) is 0. The zero-order valence-corrected chi connectivity index (χ0v) is 28.4. The van der Waals surface area contributed by atoms with Crippen LogP contribution in [0.25, 0.3) is 28.0 Å². The lowest BCUT2D eigenvalue weighted by atomic mass is 9.94. The normalized spacial score (nSPS) is 19.7. The summed E-state index contributed by atoms with van der Waals surface area (Å²) in [6.07, 6.45) is 4.75. The zero-order valence-electron chi connectivity index (χ0n) is 26.1.